The van der Waals surface area contributed by atoms with Crippen LogP contribution >= 0.6 is 15.9 Å². The van der Waals surface area contributed by atoms with Crippen molar-refractivity contribution in [3.05, 3.63) is 41.0 Å². The van der Waals surface area contributed by atoms with E-state index in [0.717, 1.165) is 0 Å². The van der Waals surface area contributed by atoms with Crippen LogP contribution in [-0.2, 0) is 0 Å². The van der Waals surface area contributed by atoms with Crippen LogP contribution in [-0.4, -0.2) is 9.97 Å². The van der Waals surface area contributed by atoms with Gasteiger partial charge in [-0.1, -0.05) is 12.1 Å². The Kier molecular flexibility index (Phi) is 2.14. The van der Waals surface area contributed by atoms with E-state index in [2.05, 4.69) is 25.9 Å². The summed E-state index contributed by atoms with van der Waals surface area (Å²) in [6.07, 6.45) is 1.59. The zero-order valence-electron chi connectivity index (χ0n) is 6.59. The molecule has 0 amide bonds. The lowest BCUT2D eigenvalue weighted by Gasteiger charge is -1.97. The first-order chi connectivity index (χ1) is 6.27. The summed E-state index contributed by atoms with van der Waals surface area (Å²) in [7, 11) is 0. The molecule has 1 heterocycles. The normalized spacial score (nSPS) is 10.3. The largest absolute Gasteiger partial charge is 0.332 e. The highest BCUT2D eigenvalue weighted by atomic mass is 79.9. The van der Waals surface area contributed by atoms with E-state index in [1.165, 1.54) is 6.07 Å². The maximum atomic E-state index is 13.2. The number of nitrogens with one attached hydrogen (secondary N) is 1. The van der Waals surface area contributed by atoms with Gasteiger partial charge in [-0.2, -0.15) is 0 Å². The molecule has 1 N–H and O–H groups in total. The van der Waals surface area contributed by atoms with Crippen molar-refractivity contribution in [2.75, 3.05) is 0 Å². The second-order valence-corrected chi connectivity index (χ2v) is 3.32. The van der Waals surface area contributed by atoms with Crippen molar-refractivity contribution in [1.82, 2.24) is 9.97 Å². The molecule has 2 aromatic rings. The van der Waals surface area contributed by atoms with Gasteiger partial charge < -0.3 is 4.98 Å². The fourth-order valence-electron chi connectivity index (χ4n) is 1.11. The van der Waals surface area contributed by atoms with E-state index in [1.807, 2.05) is 0 Å². The molecule has 0 aliphatic carbocycles. The second-order valence-electron chi connectivity index (χ2n) is 2.57. The summed E-state index contributed by atoms with van der Waals surface area (Å²) in [5.41, 5.74) is 1.20. The highest BCUT2D eigenvalue weighted by Gasteiger charge is 2.05. The zero-order chi connectivity index (χ0) is 9.26. The third-order valence-corrected chi connectivity index (χ3v) is 2.11. The third-order valence-electron chi connectivity index (χ3n) is 1.71. The summed E-state index contributed by atoms with van der Waals surface area (Å²) in [5.74, 6) is -0.251. The molecule has 0 aliphatic heterocycles. The van der Waals surface area contributed by atoms with Gasteiger partial charge in [0.05, 0.1) is 11.9 Å². The maximum Gasteiger partial charge on any atom is 0.174 e. The number of hydrogen-bond acceptors (Lipinski definition) is 1. The average Bonchev–Trinajstić information content (AvgIpc) is 2.53. The number of imidazole rings is 1. The van der Waals surface area contributed by atoms with E-state index in [1.54, 1.807) is 24.4 Å². The summed E-state index contributed by atoms with van der Waals surface area (Å²) in [6, 6.07) is 6.57. The molecule has 1 aromatic heterocycles. The first-order valence-corrected chi connectivity index (χ1v) is 4.52. The highest BCUT2D eigenvalue weighted by Crippen LogP contribution is 2.21. The second kappa shape index (κ2) is 3.30. The molecule has 0 unspecified atom stereocenters. The summed E-state index contributed by atoms with van der Waals surface area (Å²) in [6.45, 7) is 0. The van der Waals surface area contributed by atoms with Gasteiger partial charge in [-0.05, 0) is 28.1 Å². The van der Waals surface area contributed by atoms with Crippen LogP contribution in [0.25, 0.3) is 11.3 Å². The number of rotatable bonds is 1. The van der Waals surface area contributed by atoms with E-state index in [-0.39, 0.29) is 5.82 Å². The van der Waals surface area contributed by atoms with Crippen LogP contribution in [0.5, 0.6) is 0 Å². The molecule has 2 rings (SSSR count). The Balaban J connectivity index is 2.52. The van der Waals surface area contributed by atoms with E-state index >= 15 is 0 Å². The molecule has 0 aliphatic rings. The Labute approximate surface area is 83.0 Å². The molecular weight excluding hydrogens is 235 g/mol. The van der Waals surface area contributed by atoms with Crippen LogP contribution in [0.4, 0.5) is 4.39 Å². The van der Waals surface area contributed by atoms with Gasteiger partial charge in [-0.3, -0.25) is 0 Å². The summed E-state index contributed by atoms with van der Waals surface area (Å²) < 4.78 is 13.8. The quantitative estimate of drug-likeness (QED) is 0.816. The summed E-state index contributed by atoms with van der Waals surface area (Å²) in [4.78, 5) is 6.83. The van der Waals surface area contributed by atoms with Gasteiger partial charge in [0, 0.05) is 5.56 Å². The lowest BCUT2D eigenvalue weighted by Crippen LogP contribution is -1.82. The minimum Gasteiger partial charge on any atom is -0.332 e. The van der Waals surface area contributed by atoms with Crippen molar-refractivity contribution in [2.45, 2.75) is 0 Å². The van der Waals surface area contributed by atoms with Crippen LogP contribution in [0.15, 0.2) is 35.2 Å². The zero-order valence-corrected chi connectivity index (χ0v) is 8.18. The van der Waals surface area contributed by atoms with Crippen molar-refractivity contribution >= 4 is 15.9 Å². The number of aromatic amines is 1. The fraction of sp³-hybridized carbons (Fsp3) is 0. The topological polar surface area (TPSA) is 28.7 Å². The number of hydrogen-bond donors (Lipinski definition) is 1. The standard InChI is InChI=1S/C9H6BrFN2/c10-9-12-5-8(13-9)6-3-1-2-4-7(6)11/h1-5H,(H,12,13). The van der Waals surface area contributed by atoms with Gasteiger partial charge in [0.15, 0.2) is 4.73 Å². The van der Waals surface area contributed by atoms with Crippen LogP contribution in [0.2, 0.25) is 0 Å². The molecule has 0 saturated heterocycles. The molecule has 1 aromatic carbocycles. The van der Waals surface area contributed by atoms with Gasteiger partial charge in [-0.25, -0.2) is 9.37 Å². The van der Waals surface area contributed by atoms with E-state index < -0.39 is 0 Å². The first-order valence-electron chi connectivity index (χ1n) is 3.73. The van der Waals surface area contributed by atoms with Crippen LogP contribution in [0.1, 0.15) is 0 Å². The van der Waals surface area contributed by atoms with Gasteiger partial charge in [-0.15, -0.1) is 0 Å². The first kappa shape index (κ1) is 8.44. The van der Waals surface area contributed by atoms with Crippen LogP contribution in [0.3, 0.4) is 0 Å². The minimum atomic E-state index is -0.251. The van der Waals surface area contributed by atoms with Crippen molar-refractivity contribution in [2.24, 2.45) is 0 Å². The molecule has 2 nitrogen and oxygen atoms in total. The predicted octanol–water partition coefficient (Wildman–Crippen LogP) is 2.98. The lowest BCUT2D eigenvalue weighted by molar-refractivity contribution is 0.631. The SMILES string of the molecule is Fc1ccccc1-c1cnc(Br)[nH]1. The summed E-state index contributed by atoms with van der Waals surface area (Å²) >= 11 is 3.16. The molecule has 0 saturated carbocycles. The van der Waals surface area contributed by atoms with Crippen molar-refractivity contribution in [3.63, 3.8) is 0 Å². The van der Waals surface area contributed by atoms with E-state index in [9.17, 15) is 4.39 Å². The minimum absolute atomic E-state index is 0.251. The molecule has 0 bridgehead atoms. The molecule has 0 spiro atoms. The number of benzene rings is 1. The van der Waals surface area contributed by atoms with E-state index in [4.69, 9.17) is 0 Å². The molecule has 0 fully saturated rings. The van der Waals surface area contributed by atoms with Gasteiger partial charge >= 0.3 is 0 Å². The molecule has 13 heavy (non-hydrogen) atoms. The molecule has 0 radical (unpaired) electrons. The Bertz CT molecular complexity index is 425. The Morgan fingerprint density at radius 1 is 1.31 bits per heavy atom. The van der Waals surface area contributed by atoms with Crippen LogP contribution < -0.4 is 0 Å². The Morgan fingerprint density at radius 2 is 2.08 bits per heavy atom. The predicted molar refractivity (Wildman–Crippen MR) is 51.7 cm³/mol. The van der Waals surface area contributed by atoms with Crippen molar-refractivity contribution in [1.29, 1.82) is 0 Å². The number of aromatic nitrogens is 2. The van der Waals surface area contributed by atoms with Gasteiger partial charge in [0.25, 0.3) is 0 Å². The summed E-state index contributed by atoms with van der Waals surface area (Å²) in [5, 5.41) is 0. The van der Waals surface area contributed by atoms with Crippen molar-refractivity contribution in [3.8, 4) is 11.3 Å². The van der Waals surface area contributed by atoms with Crippen LogP contribution in [0, 0.1) is 5.82 Å². The van der Waals surface area contributed by atoms with Crippen molar-refractivity contribution < 1.29 is 4.39 Å². The molecule has 66 valence electrons. The molecule has 4 heteroatoms. The maximum absolute atomic E-state index is 13.2. The van der Waals surface area contributed by atoms with Gasteiger partial charge in [0.2, 0.25) is 0 Å². The molecule has 0 atom stereocenters. The number of H-pyrrole nitrogens is 1. The third kappa shape index (κ3) is 1.62. The fourth-order valence-corrected chi connectivity index (χ4v) is 1.43. The van der Waals surface area contributed by atoms with E-state index in [0.29, 0.717) is 16.0 Å². The molecular formula is C9H6BrFN2. The number of halogens is 2. The monoisotopic (exact) mass is 240 g/mol. The van der Waals surface area contributed by atoms with Gasteiger partial charge in [0.1, 0.15) is 5.82 Å². The number of nitrogens with zero attached hydrogens (tertiary/aromatic N) is 1. The average molecular weight is 241 g/mol. The Morgan fingerprint density at radius 3 is 2.69 bits per heavy atom. The Hall–Kier alpha value is -1.16. The smallest absolute Gasteiger partial charge is 0.174 e. The highest BCUT2D eigenvalue weighted by molar-refractivity contribution is 9.10. The lowest BCUT2D eigenvalue weighted by atomic mass is 10.1.